The van der Waals surface area contributed by atoms with Gasteiger partial charge in [0.2, 0.25) is 0 Å². The van der Waals surface area contributed by atoms with Gasteiger partial charge in [-0.15, -0.1) is 0 Å². The first kappa shape index (κ1) is 7.21. The molecular weight excluding hydrogens is 164 g/mol. The van der Waals surface area contributed by atoms with Crippen molar-refractivity contribution in [3.8, 4) is 5.75 Å². The Balaban J connectivity index is 2.56. The van der Waals surface area contributed by atoms with E-state index in [2.05, 4.69) is 9.93 Å². The number of hydrogen-bond acceptors (Lipinski definition) is 2. The van der Waals surface area contributed by atoms with E-state index in [1.54, 1.807) is 6.21 Å². The van der Waals surface area contributed by atoms with E-state index in [1.165, 1.54) is 6.07 Å². The average Bonchev–Trinajstić information content (AvgIpc) is 2.52. The third kappa shape index (κ3) is 0.958. The standard InChI is InChI=1S/C8H5F2NO/c9-7-3-5(12-10)4-8-6(7)1-2-11-8/h2-4H,1H2. The van der Waals surface area contributed by atoms with Crippen LogP contribution >= 0.6 is 0 Å². The molecule has 0 saturated carbocycles. The van der Waals surface area contributed by atoms with Crippen LogP contribution in [0.4, 0.5) is 14.6 Å². The van der Waals surface area contributed by atoms with Gasteiger partial charge in [0.15, 0.2) is 5.75 Å². The molecule has 12 heavy (non-hydrogen) atoms. The van der Waals surface area contributed by atoms with Crippen LogP contribution in [0, 0.1) is 5.82 Å². The van der Waals surface area contributed by atoms with Crippen LogP contribution in [0.15, 0.2) is 17.1 Å². The summed E-state index contributed by atoms with van der Waals surface area (Å²) in [5.41, 5.74) is 0.943. The van der Waals surface area contributed by atoms with Crippen molar-refractivity contribution in [2.24, 2.45) is 4.99 Å². The van der Waals surface area contributed by atoms with E-state index < -0.39 is 5.82 Å². The summed E-state index contributed by atoms with van der Waals surface area (Å²) < 4.78 is 24.7. The Hall–Kier alpha value is -1.45. The molecular formula is C8H5F2NO. The van der Waals surface area contributed by atoms with Crippen molar-refractivity contribution < 1.29 is 13.9 Å². The lowest BCUT2D eigenvalue weighted by molar-refractivity contribution is -0.00649. The Kier molecular flexibility index (Phi) is 1.53. The molecule has 2 rings (SSSR count). The number of benzene rings is 1. The summed E-state index contributed by atoms with van der Waals surface area (Å²) in [6.07, 6.45) is 2.05. The fourth-order valence-electron chi connectivity index (χ4n) is 1.19. The second kappa shape index (κ2) is 2.55. The van der Waals surface area contributed by atoms with E-state index in [9.17, 15) is 8.92 Å². The van der Waals surface area contributed by atoms with Crippen LogP contribution in [-0.4, -0.2) is 6.21 Å². The fourth-order valence-corrected chi connectivity index (χ4v) is 1.19. The monoisotopic (exact) mass is 169 g/mol. The van der Waals surface area contributed by atoms with Gasteiger partial charge in [0.25, 0.3) is 0 Å². The van der Waals surface area contributed by atoms with Crippen molar-refractivity contribution in [2.45, 2.75) is 6.42 Å². The van der Waals surface area contributed by atoms with Gasteiger partial charge in [-0.1, -0.05) is 0 Å². The highest BCUT2D eigenvalue weighted by Gasteiger charge is 2.14. The third-order valence-corrected chi connectivity index (χ3v) is 1.76. The highest BCUT2D eigenvalue weighted by molar-refractivity contribution is 5.76. The molecule has 0 atom stereocenters. The second-order valence-corrected chi connectivity index (χ2v) is 2.50. The smallest absolute Gasteiger partial charge is 0.176 e. The Bertz CT molecular complexity index is 349. The zero-order chi connectivity index (χ0) is 8.55. The fraction of sp³-hybridized carbons (Fsp3) is 0.125. The quantitative estimate of drug-likeness (QED) is 0.632. The largest absolute Gasteiger partial charge is 0.294 e. The molecule has 0 N–H and O–H groups in total. The normalized spacial score (nSPS) is 13.2. The van der Waals surface area contributed by atoms with Crippen LogP contribution in [0.3, 0.4) is 0 Å². The van der Waals surface area contributed by atoms with Crippen LogP contribution in [0.2, 0.25) is 0 Å². The van der Waals surface area contributed by atoms with Crippen molar-refractivity contribution in [2.75, 3.05) is 0 Å². The van der Waals surface area contributed by atoms with Crippen LogP contribution in [0.1, 0.15) is 5.56 Å². The van der Waals surface area contributed by atoms with Crippen LogP contribution in [0.5, 0.6) is 5.75 Å². The lowest BCUT2D eigenvalue weighted by Crippen LogP contribution is -1.87. The summed E-state index contributed by atoms with van der Waals surface area (Å²) in [5, 5.41) is 0. The van der Waals surface area contributed by atoms with Gasteiger partial charge in [0, 0.05) is 34.9 Å². The minimum atomic E-state index is -0.474. The molecule has 1 aromatic carbocycles. The van der Waals surface area contributed by atoms with Crippen molar-refractivity contribution in [1.82, 2.24) is 0 Å². The molecule has 4 heteroatoms. The maximum atomic E-state index is 13.0. The second-order valence-electron chi connectivity index (χ2n) is 2.50. The molecule has 0 spiro atoms. The molecule has 1 aromatic rings. The minimum Gasteiger partial charge on any atom is -0.294 e. The predicted octanol–water partition coefficient (Wildman–Crippen LogP) is 2.35. The molecule has 1 heterocycles. The average molecular weight is 169 g/mol. The lowest BCUT2D eigenvalue weighted by atomic mass is 10.1. The summed E-state index contributed by atoms with van der Waals surface area (Å²) in [5.74, 6) is -0.622. The van der Waals surface area contributed by atoms with Crippen LogP contribution in [-0.2, 0) is 6.42 Å². The summed E-state index contributed by atoms with van der Waals surface area (Å²) in [7, 11) is 0. The maximum absolute atomic E-state index is 13.0. The Morgan fingerprint density at radius 2 is 2.25 bits per heavy atom. The molecule has 0 fully saturated rings. The topological polar surface area (TPSA) is 21.6 Å². The SMILES string of the molecule is FOc1cc(F)c2c(c1)N=CC2. The van der Waals surface area contributed by atoms with E-state index in [-0.39, 0.29) is 5.75 Å². The molecule has 0 unspecified atom stereocenters. The zero-order valence-corrected chi connectivity index (χ0v) is 6.05. The summed E-state index contributed by atoms with van der Waals surface area (Å²) in [6.45, 7) is 0. The molecule has 2 nitrogen and oxygen atoms in total. The van der Waals surface area contributed by atoms with Crippen molar-refractivity contribution in [1.29, 1.82) is 0 Å². The number of nitrogens with zero attached hydrogens (tertiary/aromatic N) is 1. The molecule has 0 amide bonds. The van der Waals surface area contributed by atoms with Gasteiger partial charge in [-0.05, 0) is 0 Å². The van der Waals surface area contributed by atoms with E-state index in [0.717, 1.165) is 6.07 Å². The third-order valence-electron chi connectivity index (χ3n) is 1.76. The highest BCUT2D eigenvalue weighted by Crippen LogP contribution is 2.31. The van der Waals surface area contributed by atoms with Gasteiger partial charge in [-0.3, -0.25) is 9.93 Å². The number of hydrogen-bond donors (Lipinski definition) is 0. The molecule has 1 aliphatic rings. The molecule has 0 aromatic heterocycles. The molecule has 0 bridgehead atoms. The number of rotatable bonds is 1. The van der Waals surface area contributed by atoms with Crippen molar-refractivity contribution >= 4 is 11.9 Å². The molecule has 1 aliphatic heterocycles. The maximum Gasteiger partial charge on any atom is 0.176 e. The van der Waals surface area contributed by atoms with E-state index >= 15 is 0 Å². The molecule has 62 valence electrons. The minimum absolute atomic E-state index is 0.148. The zero-order valence-electron chi connectivity index (χ0n) is 6.05. The van der Waals surface area contributed by atoms with Gasteiger partial charge in [0.1, 0.15) is 5.82 Å². The van der Waals surface area contributed by atoms with Gasteiger partial charge in [-0.2, -0.15) is 0 Å². The first-order valence-electron chi connectivity index (χ1n) is 3.45. The number of fused-ring (bicyclic) bond motifs is 1. The van der Waals surface area contributed by atoms with E-state index in [0.29, 0.717) is 17.7 Å². The van der Waals surface area contributed by atoms with Crippen molar-refractivity contribution in [3.63, 3.8) is 0 Å². The Morgan fingerprint density at radius 3 is 3.00 bits per heavy atom. The predicted molar refractivity (Wildman–Crippen MR) is 40.0 cm³/mol. The van der Waals surface area contributed by atoms with Gasteiger partial charge < -0.3 is 0 Å². The molecule has 0 saturated heterocycles. The number of halogens is 2. The van der Waals surface area contributed by atoms with E-state index in [1.807, 2.05) is 0 Å². The van der Waals surface area contributed by atoms with Crippen LogP contribution in [0.25, 0.3) is 0 Å². The van der Waals surface area contributed by atoms with Crippen molar-refractivity contribution in [3.05, 3.63) is 23.5 Å². The Morgan fingerprint density at radius 1 is 1.42 bits per heavy atom. The molecule has 0 aliphatic carbocycles. The van der Waals surface area contributed by atoms with Crippen LogP contribution < -0.4 is 4.94 Å². The summed E-state index contributed by atoms with van der Waals surface area (Å²) >= 11 is 0. The molecule has 0 radical (unpaired) electrons. The first-order valence-corrected chi connectivity index (χ1v) is 3.45. The number of aliphatic imine (C=N–C) groups is 1. The first-order chi connectivity index (χ1) is 5.81. The Labute approximate surface area is 67.4 Å². The summed E-state index contributed by atoms with van der Waals surface area (Å²) in [6, 6.07) is 2.37. The van der Waals surface area contributed by atoms with E-state index in [4.69, 9.17) is 0 Å². The lowest BCUT2D eigenvalue weighted by Gasteiger charge is -2.00. The summed E-state index contributed by atoms with van der Waals surface area (Å²) in [4.78, 5) is 7.26. The highest BCUT2D eigenvalue weighted by atomic mass is 19.3. The van der Waals surface area contributed by atoms with Gasteiger partial charge in [0.05, 0.1) is 5.69 Å². The van der Waals surface area contributed by atoms with Gasteiger partial charge >= 0.3 is 0 Å². The van der Waals surface area contributed by atoms with Gasteiger partial charge in [-0.25, -0.2) is 4.39 Å².